The predicted molar refractivity (Wildman–Crippen MR) is 103 cm³/mol. The summed E-state index contributed by atoms with van der Waals surface area (Å²) >= 11 is 0. The summed E-state index contributed by atoms with van der Waals surface area (Å²) in [6.45, 7) is 7.38. The van der Waals surface area contributed by atoms with Crippen molar-refractivity contribution in [1.29, 1.82) is 0 Å². The molecule has 0 aliphatic carbocycles. The van der Waals surface area contributed by atoms with Crippen LogP contribution in [-0.2, 0) is 9.53 Å². The molecule has 0 saturated heterocycles. The normalized spacial score (nSPS) is 13.3. The second kappa shape index (κ2) is 8.81. The largest absolute Gasteiger partial charge is 0.481 e. The molecule has 0 radical (unpaired) electrons. The average Bonchev–Trinajstić information content (AvgIpc) is 2.65. The molecule has 0 fully saturated rings. The lowest BCUT2D eigenvalue weighted by atomic mass is 9.91. The van der Waals surface area contributed by atoms with Gasteiger partial charge in [0.2, 0.25) is 0 Å². The van der Waals surface area contributed by atoms with Crippen LogP contribution in [0.1, 0.15) is 37.6 Å². The van der Waals surface area contributed by atoms with E-state index in [0.29, 0.717) is 17.4 Å². The molecule has 1 aromatic carbocycles. The van der Waals surface area contributed by atoms with Gasteiger partial charge in [0.25, 0.3) is 0 Å². The number of rotatable bonds is 9. The number of Topliss-reactive ketones (excluding diaryl/α,β-unsaturated/α-hetero) is 1. The molecule has 1 aromatic heterocycles. The Morgan fingerprint density at radius 3 is 2.37 bits per heavy atom. The summed E-state index contributed by atoms with van der Waals surface area (Å²) < 4.78 is 10.5. The van der Waals surface area contributed by atoms with E-state index in [9.17, 15) is 19.5 Å². The average molecular weight is 375 g/mol. The van der Waals surface area contributed by atoms with E-state index in [1.165, 1.54) is 13.2 Å². The first-order valence-corrected chi connectivity index (χ1v) is 9.00. The van der Waals surface area contributed by atoms with Gasteiger partial charge >= 0.3 is 11.6 Å². The Kier molecular flexibility index (Phi) is 6.74. The second-order valence-electron chi connectivity index (χ2n) is 6.20. The molecule has 0 amide bonds. The van der Waals surface area contributed by atoms with E-state index in [-0.39, 0.29) is 5.56 Å². The van der Waals surface area contributed by atoms with E-state index >= 15 is 0 Å². The third kappa shape index (κ3) is 4.19. The van der Waals surface area contributed by atoms with Crippen LogP contribution in [0.5, 0.6) is 0 Å². The van der Waals surface area contributed by atoms with E-state index in [2.05, 4.69) is 4.90 Å². The van der Waals surface area contributed by atoms with Gasteiger partial charge in [0, 0.05) is 37.3 Å². The number of aliphatic carboxylic acids is 1. The van der Waals surface area contributed by atoms with Gasteiger partial charge in [-0.1, -0.05) is 6.92 Å². The quantitative estimate of drug-likeness (QED) is 0.409. The summed E-state index contributed by atoms with van der Waals surface area (Å²) in [7, 11) is 1.34. The number of fused-ring (bicyclic) bond motifs is 1. The fraction of sp³-hybridized carbons (Fsp3) is 0.450. The molecular weight excluding hydrogens is 350 g/mol. The number of methoxy groups -OCH3 is 1. The van der Waals surface area contributed by atoms with Crippen molar-refractivity contribution in [3.05, 3.63) is 40.2 Å². The van der Waals surface area contributed by atoms with Crippen LogP contribution in [0.3, 0.4) is 0 Å². The predicted octanol–water partition coefficient (Wildman–Crippen LogP) is 2.95. The lowest BCUT2D eigenvalue weighted by Crippen LogP contribution is -2.38. The maximum Gasteiger partial charge on any atom is 0.347 e. The van der Waals surface area contributed by atoms with E-state index < -0.39 is 29.4 Å². The third-order valence-corrected chi connectivity index (χ3v) is 4.74. The minimum Gasteiger partial charge on any atom is -0.481 e. The number of carbonyl (C=O) groups is 2. The first-order chi connectivity index (χ1) is 12.9. The zero-order valence-electron chi connectivity index (χ0n) is 16.0. The lowest BCUT2D eigenvalue weighted by molar-refractivity contribution is -0.144. The summed E-state index contributed by atoms with van der Waals surface area (Å²) in [6.07, 6.45) is -0.499. The molecule has 7 nitrogen and oxygen atoms in total. The molecular formula is C20H25NO6. The van der Waals surface area contributed by atoms with Crippen LogP contribution < -0.4 is 10.5 Å². The SMILES string of the molecule is CCC(OC)C(C(=O)O)C(=O)c1cc2ccc(N(CC)CC)cc2oc1=O. The van der Waals surface area contributed by atoms with E-state index in [1.54, 1.807) is 19.1 Å². The molecule has 0 saturated carbocycles. The van der Waals surface area contributed by atoms with Gasteiger partial charge in [-0.2, -0.15) is 0 Å². The van der Waals surface area contributed by atoms with Gasteiger partial charge in [0.1, 0.15) is 17.1 Å². The van der Waals surface area contributed by atoms with Crippen molar-refractivity contribution in [2.24, 2.45) is 5.92 Å². The molecule has 0 aliphatic rings. The smallest absolute Gasteiger partial charge is 0.347 e. The Hall–Kier alpha value is -2.67. The topological polar surface area (TPSA) is 97.1 Å². The standard InChI is InChI=1S/C20H25NO6/c1-5-15(26-4)17(19(23)24)18(22)14-10-12-8-9-13(21(6-2)7-3)11-16(12)27-20(14)25/h8-11,15,17H,5-7H2,1-4H3,(H,23,24). The van der Waals surface area contributed by atoms with Crippen LogP contribution in [0.15, 0.2) is 33.5 Å². The van der Waals surface area contributed by atoms with Crippen LogP contribution >= 0.6 is 0 Å². The van der Waals surface area contributed by atoms with Gasteiger partial charge in [0.05, 0.1) is 6.10 Å². The van der Waals surface area contributed by atoms with Crippen LogP contribution in [-0.4, -0.2) is 43.2 Å². The highest BCUT2D eigenvalue weighted by molar-refractivity contribution is 6.09. The third-order valence-electron chi connectivity index (χ3n) is 4.74. The van der Waals surface area contributed by atoms with Crippen LogP contribution in [0.25, 0.3) is 11.0 Å². The van der Waals surface area contributed by atoms with E-state index in [4.69, 9.17) is 9.15 Å². The first kappa shape index (κ1) is 20.6. The number of benzene rings is 1. The van der Waals surface area contributed by atoms with Crippen molar-refractivity contribution < 1.29 is 23.8 Å². The Labute approximate surface area is 157 Å². The summed E-state index contributed by atoms with van der Waals surface area (Å²) in [5.41, 5.74) is 0.137. The fourth-order valence-corrected chi connectivity index (χ4v) is 3.20. The maximum absolute atomic E-state index is 12.7. The number of carboxylic acids is 1. The molecule has 27 heavy (non-hydrogen) atoms. The number of ether oxygens (including phenoxy) is 1. The number of carbonyl (C=O) groups excluding carboxylic acids is 1. The molecule has 7 heteroatoms. The zero-order chi connectivity index (χ0) is 20.1. The molecule has 146 valence electrons. The number of carboxylic acid groups (broad SMARTS) is 1. The number of anilines is 1. The van der Waals surface area contributed by atoms with Gasteiger partial charge in [0.15, 0.2) is 5.78 Å². The summed E-state index contributed by atoms with van der Waals surface area (Å²) in [4.78, 5) is 38.8. The zero-order valence-corrected chi connectivity index (χ0v) is 16.0. The minimum absolute atomic E-state index is 0.277. The molecule has 0 spiro atoms. The summed E-state index contributed by atoms with van der Waals surface area (Å²) in [5, 5.41) is 10.0. The van der Waals surface area contributed by atoms with Crippen molar-refractivity contribution in [3.8, 4) is 0 Å². The molecule has 2 unspecified atom stereocenters. The van der Waals surface area contributed by atoms with Gasteiger partial charge in [-0.15, -0.1) is 0 Å². The number of hydrogen-bond acceptors (Lipinski definition) is 6. The number of hydrogen-bond donors (Lipinski definition) is 1. The molecule has 2 rings (SSSR count). The van der Waals surface area contributed by atoms with Crippen LogP contribution in [0.2, 0.25) is 0 Å². The van der Waals surface area contributed by atoms with Crippen molar-refractivity contribution in [3.63, 3.8) is 0 Å². The monoisotopic (exact) mass is 375 g/mol. The summed E-state index contributed by atoms with van der Waals surface area (Å²) in [6, 6.07) is 6.78. The number of nitrogens with zero attached hydrogens (tertiary/aromatic N) is 1. The van der Waals surface area contributed by atoms with E-state index in [0.717, 1.165) is 18.8 Å². The second-order valence-corrected chi connectivity index (χ2v) is 6.20. The lowest BCUT2D eigenvalue weighted by Gasteiger charge is -2.21. The van der Waals surface area contributed by atoms with Crippen molar-refractivity contribution in [1.82, 2.24) is 0 Å². The van der Waals surface area contributed by atoms with Gasteiger partial charge in [-0.25, -0.2) is 4.79 Å². The molecule has 0 bridgehead atoms. The minimum atomic E-state index is -1.46. The van der Waals surface area contributed by atoms with Crippen LogP contribution in [0, 0.1) is 5.92 Å². The number of ketones is 1. The molecule has 2 aromatic rings. The maximum atomic E-state index is 12.7. The highest BCUT2D eigenvalue weighted by Crippen LogP contribution is 2.24. The summed E-state index contributed by atoms with van der Waals surface area (Å²) in [5.74, 6) is -3.60. The first-order valence-electron chi connectivity index (χ1n) is 9.00. The van der Waals surface area contributed by atoms with Crippen LogP contribution in [0.4, 0.5) is 5.69 Å². The Bertz CT molecular complexity index is 880. The molecule has 1 heterocycles. The van der Waals surface area contributed by atoms with Gasteiger partial charge in [-0.3, -0.25) is 9.59 Å². The highest BCUT2D eigenvalue weighted by Gasteiger charge is 2.36. The van der Waals surface area contributed by atoms with Gasteiger partial charge in [-0.05, 0) is 38.5 Å². The Morgan fingerprint density at radius 2 is 1.85 bits per heavy atom. The van der Waals surface area contributed by atoms with Crippen molar-refractivity contribution in [2.45, 2.75) is 33.3 Å². The molecule has 0 aliphatic heterocycles. The highest BCUT2D eigenvalue weighted by atomic mass is 16.5. The van der Waals surface area contributed by atoms with Crippen molar-refractivity contribution >= 4 is 28.4 Å². The Balaban J connectivity index is 2.51. The Morgan fingerprint density at radius 1 is 1.19 bits per heavy atom. The molecule has 2 atom stereocenters. The van der Waals surface area contributed by atoms with E-state index in [1.807, 2.05) is 19.9 Å². The fourth-order valence-electron chi connectivity index (χ4n) is 3.20. The molecule has 1 N–H and O–H groups in total. The van der Waals surface area contributed by atoms with Crippen molar-refractivity contribution in [2.75, 3.05) is 25.1 Å². The van der Waals surface area contributed by atoms with Gasteiger partial charge < -0.3 is 19.2 Å².